The molecule has 0 radical (unpaired) electrons. The standard InChI is InChI=1S/C27H42N9O6P/c1-18(2)36(19(3)4)43(40-12-8-9-28)42-22-20(15-34-10-13-39-14-11-34)41-26(23(22)38-7)35-17-29-21-24(35)31-27(32-25(21)37)30-16-33(5)6/h16-19,23,26H,8,10-15H2,1-7H3,(H,31,32,37)/b30-16+/t23?,26-,43?/m1/s1. The highest BCUT2D eigenvalue weighted by Gasteiger charge is 2.44. The molecule has 2 aliphatic rings. The first-order chi connectivity index (χ1) is 20.6. The van der Waals surface area contributed by atoms with Crippen LogP contribution in [0.25, 0.3) is 11.2 Å². The SMILES string of the molecule is COC1C(OP(OCCC#N)N(C(C)C)C(C)C)=C(CN2CCOCC2)O[C@H]1n1cnc2c(=O)[nH]c(/N=C/N(C)C)nc21. The Hall–Kier alpha value is -3.12. The largest absolute Gasteiger partial charge is 0.466 e. The second-order valence-corrected chi connectivity index (χ2v) is 12.3. The van der Waals surface area contributed by atoms with Crippen molar-refractivity contribution in [2.75, 3.05) is 60.7 Å². The lowest BCUT2D eigenvalue weighted by Crippen LogP contribution is -2.38. The van der Waals surface area contributed by atoms with Crippen molar-refractivity contribution in [2.45, 2.75) is 58.5 Å². The summed E-state index contributed by atoms with van der Waals surface area (Å²) in [5.41, 5.74) is 0.0324. The number of H-pyrrole nitrogens is 1. The molecule has 2 unspecified atom stereocenters. The zero-order chi connectivity index (χ0) is 31.1. The summed E-state index contributed by atoms with van der Waals surface area (Å²) in [6, 6.07) is 2.34. The van der Waals surface area contributed by atoms with Crippen molar-refractivity contribution in [1.82, 2.24) is 34.0 Å². The second kappa shape index (κ2) is 15.1. The zero-order valence-electron chi connectivity index (χ0n) is 25.9. The molecule has 0 amide bonds. The lowest BCUT2D eigenvalue weighted by atomic mass is 10.2. The van der Waals surface area contributed by atoms with Crippen molar-refractivity contribution in [3.05, 3.63) is 28.2 Å². The van der Waals surface area contributed by atoms with Crippen LogP contribution >= 0.6 is 8.53 Å². The molecule has 43 heavy (non-hydrogen) atoms. The number of nitriles is 1. The van der Waals surface area contributed by atoms with Crippen molar-refractivity contribution in [3.8, 4) is 6.07 Å². The molecule has 0 bridgehead atoms. The minimum atomic E-state index is -1.64. The average Bonchev–Trinajstić information content (AvgIpc) is 3.53. The maximum absolute atomic E-state index is 12.9. The maximum Gasteiger partial charge on any atom is 0.321 e. The molecular weight excluding hydrogens is 577 g/mol. The highest BCUT2D eigenvalue weighted by atomic mass is 31.2. The van der Waals surface area contributed by atoms with Gasteiger partial charge in [-0.3, -0.25) is 19.2 Å². The van der Waals surface area contributed by atoms with Gasteiger partial charge in [-0.15, -0.1) is 0 Å². The van der Waals surface area contributed by atoms with Gasteiger partial charge in [-0.05, 0) is 27.7 Å². The van der Waals surface area contributed by atoms with Crippen molar-refractivity contribution >= 4 is 32.0 Å². The number of morpholine rings is 1. The Morgan fingerprint density at radius 3 is 2.63 bits per heavy atom. The van der Waals surface area contributed by atoms with E-state index in [0.29, 0.717) is 36.9 Å². The number of imidazole rings is 1. The van der Waals surface area contributed by atoms with Crippen molar-refractivity contribution in [1.29, 1.82) is 5.26 Å². The summed E-state index contributed by atoms with van der Waals surface area (Å²) in [7, 11) is 3.58. The van der Waals surface area contributed by atoms with Crippen LogP contribution in [0.5, 0.6) is 0 Å². The number of ether oxygens (including phenoxy) is 3. The summed E-state index contributed by atoms with van der Waals surface area (Å²) in [5, 5.41) is 9.16. The third-order valence-electron chi connectivity index (χ3n) is 6.72. The first-order valence-corrected chi connectivity index (χ1v) is 15.4. The first-order valence-electron chi connectivity index (χ1n) is 14.3. The Morgan fingerprint density at radius 1 is 1.28 bits per heavy atom. The van der Waals surface area contributed by atoms with Crippen LogP contribution < -0.4 is 5.56 Å². The molecule has 236 valence electrons. The van der Waals surface area contributed by atoms with Crippen molar-refractivity contribution < 1.29 is 23.3 Å². The van der Waals surface area contributed by atoms with E-state index in [1.807, 2.05) is 14.1 Å². The Bertz CT molecular complexity index is 1370. The zero-order valence-corrected chi connectivity index (χ0v) is 26.8. The molecule has 1 fully saturated rings. The molecule has 4 rings (SSSR count). The van der Waals surface area contributed by atoms with E-state index in [9.17, 15) is 4.79 Å². The van der Waals surface area contributed by atoms with Crippen LogP contribution in [-0.2, 0) is 23.3 Å². The number of nitrogens with zero attached hydrogens (tertiary/aromatic N) is 8. The molecule has 2 aliphatic heterocycles. The van der Waals surface area contributed by atoms with Crippen LogP contribution in [0.3, 0.4) is 0 Å². The molecule has 0 saturated carbocycles. The summed E-state index contributed by atoms with van der Waals surface area (Å²) in [6.45, 7) is 11.7. The Kier molecular flexibility index (Phi) is 11.5. The summed E-state index contributed by atoms with van der Waals surface area (Å²) < 4.78 is 34.9. The van der Waals surface area contributed by atoms with Crippen LogP contribution in [-0.4, -0.2) is 119 Å². The lowest BCUT2D eigenvalue weighted by molar-refractivity contribution is -0.0339. The highest BCUT2D eigenvalue weighted by Crippen LogP contribution is 2.51. The van der Waals surface area contributed by atoms with Gasteiger partial charge in [0.1, 0.15) is 6.33 Å². The predicted octanol–water partition coefficient (Wildman–Crippen LogP) is 2.72. The Morgan fingerprint density at radius 2 is 2.00 bits per heavy atom. The van der Waals surface area contributed by atoms with Crippen molar-refractivity contribution in [2.24, 2.45) is 4.99 Å². The van der Waals surface area contributed by atoms with Gasteiger partial charge in [0, 0.05) is 46.4 Å². The van der Waals surface area contributed by atoms with E-state index in [2.05, 4.69) is 63.3 Å². The number of hydrogen-bond acceptors (Lipinski definition) is 12. The number of methoxy groups -OCH3 is 1. The number of hydrogen-bond donors (Lipinski definition) is 1. The molecule has 0 aliphatic carbocycles. The molecule has 2 aromatic rings. The van der Waals surface area contributed by atoms with E-state index >= 15 is 0 Å². The topological polar surface area (TPSA) is 156 Å². The van der Waals surface area contributed by atoms with Gasteiger partial charge in [0.05, 0.1) is 45.2 Å². The highest BCUT2D eigenvalue weighted by molar-refractivity contribution is 7.44. The second-order valence-electron chi connectivity index (χ2n) is 10.9. The number of aromatic nitrogens is 4. The lowest BCUT2D eigenvalue weighted by Gasteiger charge is -2.36. The van der Waals surface area contributed by atoms with Crippen LogP contribution in [0.15, 0.2) is 27.6 Å². The number of aliphatic imine (C=N–C) groups is 1. The summed E-state index contributed by atoms with van der Waals surface area (Å²) >= 11 is 0. The Balaban J connectivity index is 1.75. The van der Waals surface area contributed by atoms with Crippen LogP contribution in [0.2, 0.25) is 0 Å². The quantitative estimate of drug-likeness (QED) is 0.143. The number of rotatable bonds is 14. The fraction of sp³-hybridized carbons (Fsp3) is 0.667. The molecule has 15 nitrogen and oxygen atoms in total. The fourth-order valence-corrected chi connectivity index (χ4v) is 6.52. The van der Waals surface area contributed by atoms with Gasteiger partial charge in [0.25, 0.3) is 5.56 Å². The van der Waals surface area contributed by atoms with Gasteiger partial charge in [0.2, 0.25) is 12.2 Å². The molecule has 4 heterocycles. The van der Waals surface area contributed by atoms with Gasteiger partial charge in [-0.1, -0.05) is 0 Å². The predicted molar refractivity (Wildman–Crippen MR) is 161 cm³/mol. The molecular formula is C27H42N9O6P. The van der Waals surface area contributed by atoms with Gasteiger partial charge in [-0.2, -0.15) is 10.2 Å². The van der Waals surface area contributed by atoms with Gasteiger partial charge >= 0.3 is 8.53 Å². The van der Waals surface area contributed by atoms with Gasteiger partial charge in [0.15, 0.2) is 28.8 Å². The van der Waals surface area contributed by atoms with E-state index in [1.54, 1.807) is 22.9 Å². The summed E-state index contributed by atoms with van der Waals surface area (Å²) in [4.78, 5) is 32.6. The van der Waals surface area contributed by atoms with Crippen LogP contribution in [0.4, 0.5) is 5.95 Å². The normalized spacial score (nSPS) is 20.5. The average molecular weight is 620 g/mol. The maximum atomic E-state index is 12.9. The summed E-state index contributed by atoms with van der Waals surface area (Å²) in [6.07, 6.45) is 1.81. The molecule has 1 N–H and O–H groups in total. The number of nitrogens with one attached hydrogen (secondary N) is 1. The third kappa shape index (κ3) is 7.89. The van der Waals surface area contributed by atoms with Crippen molar-refractivity contribution in [3.63, 3.8) is 0 Å². The van der Waals surface area contributed by atoms with E-state index in [1.165, 1.54) is 6.33 Å². The molecule has 2 aromatic heterocycles. The van der Waals surface area contributed by atoms with E-state index in [4.69, 9.17) is 28.5 Å². The van der Waals surface area contributed by atoms with Gasteiger partial charge in [-0.25, -0.2) is 14.6 Å². The first kappa shape index (κ1) is 32.8. The third-order valence-corrected chi connectivity index (χ3v) is 8.78. The van der Waals surface area contributed by atoms with E-state index in [-0.39, 0.29) is 36.6 Å². The molecule has 1 saturated heterocycles. The Labute approximate surface area is 253 Å². The number of aromatic amines is 1. The van der Waals surface area contributed by atoms with Crippen LogP contribution in [0.1, 0.15) is 40.3 Å². The minimum absolute atomic E-state index is 0.102. The van der Waals surface area contributed by atoms with Crippen LogP contribution in [0, 0.1) is 11.3 Å². The molecule has 3 atom stereocenters. The van der Waals surface area contributed by atoms with Gasteiger partial charge < -0.3 is 28.2 Å². The van der Waals surface area contributed by atoms with E-state index in [0.717, 1.165) is 13.1 Å². The molecule has 0 aromatic carbocycles. The number of fused-ring (bicyclic) bond motifs is 1. The molecule has 0 spiro atoms. The fourth-order valence-electron chi connectivity index (χ4n) is 4.86. The smallest absolute Gasteiger partial charge is 0.321 e. The minimum Gasteiger partial charge on any atom is -0.466 e. The monoisotopic (exact) mass is 619 g/mol. The van der Waals surface area contributed by atoms with E-state index < -0.39 is 26.4 Å². The summed E-state index contributed by atoms with van der Waals surface area (Å²) in [5.74, 6) is 1.21. The molecule has 16 heteroatoms.